The number of hydrogen-bond acceptors (Lipinski definition) is 4. The number of piperazine rings is 1. The predicted octanol–water partition coefficient (Wildman–Crippen LogP) is 5.49. The summed E-state index contributed by atoms with van der Waals surface area (Å²) in [5, 5.41) is 0.878. The molecule has 6 nitrogen and oxygen atoms in total. The highest BCUT2D eigenvalue weighted by atomic mass is 32.2. The summed E-state index contributed by atoms with van der Waals surface area (Å²) in [7, 11) is -1.57. The van der Waals surface area contributed by atoms with E-state index in [2.05, 4.69) is 9.71 Å². The number of hydrogen-bond donors (Lipinski definition) is 1. The molecule has 11 heteroatoms. The number of carbonyl (C=O) groups excluding carboxylic acids is 1. The first-order chi connectivity index (χ1) is 18.7. The van der Waals surface area contributed by atoms with Gasteiger partial charge in [-0.3, -0.25) is 14.7 Å². The molecule has 1 aliphatic heterocycles. The minimum atomic E-state index is -4.57. The van der Waals surface area contributed by atoms with E-state index in [0.29, 0.717) is 47.8 Å². The Morgan fingerprint density at radius 3 is 2.38 bits per heavy atom. The van der Waals surface area contributed by atoms with E-state index in [1.54, 1.807) is 46.3 Å². The number of nitrogens with one attached hydrogen (secondary N) is 1. The first kappa shape index (κ1) is 26.8. The van der Waals surface area contributed by atoms with E-state index < -0.39 is 28.5 Å². The second kappa shape index (κ2) is 11.1. The van der Waals surface area contributed by atoms with E-state index in [9.17, 15) is 26.6 Å². The molecule has 1 N–H and O–H groups in total. The summed E-state index contributed by atoms with van der Waals surface area (Å²) in [5.74, 6) is -0.926. The molecule has 1 atom stereocenters. The number of nitrogens with zero attached hydrogens (tertiary/aromatic N) is 3. The Labute approximate surface area is 224 Å². The van der Waals surface area contributed by atoms with E-state index in [-0.39, 0.29) is 18.0 Å². The fourth-order valence-electron chi connectivity index (χ4n) is 4.57. The van der Waals surface area contributed by atoms with Crippen molar-refractivity contribution in [2.24, 2.45) is 0 Å². The molecule has 0 radical (unpaired) electrons. The van der Waals surface area contributed by atoms with Gasteiger partial charge in [0.15, 0.2) is 11.0 Å². The van der Waals surface area contributed by atoms with Crippen molar-refractivity contribution in [2.75, 3.05) is 30.9 Å². The van der Waals surface area contributed by atoms with E-state index in [4.69, 9.17) is 0 Å². The molecule has 1 aromatic heterocycles. The van der Waals surface area contributed by atoms with Crippen LogP contribution in [0, 0.1) is 5.82 Å². The van der Waals surface area contributed by atoms with Crippen LogP contribution in [0.25, 0.3) is 10.9 Å². The number of halogens is 4. The Bertz CT molecular complexity index is 1520. The minimum absolute atomic E-state index is 0.0572. The van der Waals surface area contributed by atoms with Gasteiger partial charge in [0.05, 0.1) is 16.0 Å². The van der Waals surface area contributed by atoms with Crippen LogP contribution in [0.15, 0.2) is 83.9 Å². The van der Waals surface area contributed by atoms with Crippen molar-refractivity contribution < 1.29 is 26.6 Å². The number of carbonyl (C=O) groups is 1. The number of fused-ring (bicyclic) bond motifs is 1. The van der Waals surface area contributed by atoms with E-state index in [1.165, 1.54) is 0 Å². The number of pyridine rings is 1. The van der Waals surface area contributed by atoms with Crippen LogP contribution in [-0.4, -0.2) is 51.1 Å². The largest absolute Gasteiger partial charge is 0.416 e. The van der Waals surface area contributed by atoms with Gasteiger partial charge in [-0.2, -0.15) is 13.2 Å². The number of anilines is 1. The normalized spacial score (nSPS) is 15.3. The molecule has 2 heterocycles. The van der Waals surface area contributed by atoms with Crippen molar-refractivity contribution in [3.8, 4) is 0 Å². The molecule has 39 heavy (non-hydrogen) atoms. The Balaban J connectivity index is 1.19. The summed E-state index contributed by atoms with van der Waals surface area (Å²) in [6, 6.07) is 18.3. The first-order valence-electron chi connectivity index (χ1n) is 12.2. The molecule has 1 saturated heterocycles. The Kier molecular flexibility index (Phi) is 7.62. The maximum Gasteiger partial charge on any atom is 0.416 e. The van der Waals surface area contributed by atoms with E-state index >= 15 is 0 Å². The standard InChI is InChI=1S/C28H24F4N4O2S/c29-22-8-11-24(28(30,31)32)21(17-22)18-35-13-15-36(16-14-35)27(37)20-6-9-23(10-7-20)34-39(38)25-5-1-3-19-4-2-12-33-26(19)25/h1-12,17,34H,13-16,18H2. The van der Waals surface area contributed by atoms with Gasteiger partial charge >= 0.3 is 6.18 Å². The number of benzene rings is 3. The van der Waals surface area contributed by atoms with Gasteiger partial charge < -0.3 is 9.62 Å². The van der Waals surface area contributed by atoms with Crippen LogP contribution >= 0.6 is 0 Å². The molecular weight excluding hydrogens is 532 g/mol. The zero-order chi connectivity index (χ0) is 27.6. The number of aromatic nitrogens is 1. The SMILES string of the molecule is O=C(c1ccc(NS(=O)c2cccc3cccnc23)cc1)N1CCN(Cc2cc(F)ccc2C(F)(F)F)CC1. The van der Waals surface area contributed by atoms with Crippen LogP contribution < -0.4 is 4.72 Å². The molecule has 0 bridgehead atoms. The third-order valence-corrected chi connectivity index (χ3v) is 7.71. The molecular formula is C28H24F4N4O2S. The molecule has 1 amide bonds. The summed E-state index contributed by atoms with van der Waals surface area (Å²) in [6.07, 6.45) is -2.93. The smallest absolute Gasteiger partial charge is 0.336 e. The lowest BCUT2D eigenvalue weighted by molar-refractivity contribution is -0.138. The van der Waals surface area contributed by atoms with Crippen LogP contribution in [-0.2, 0) is 23.7 Å². The van der Waals surface area contributed by atoms with Crippen molar-refractivity contribution in [1.82, 2.24) is 14.8 Å². The summed E-state index contributed by atoms with van der Waals surface area (Å²) in [5.41, 5.74) is 0.675. The number of para-hydroxylation sites is 1. The average Bonchev–Trinajstić information content (AvgIpc) is 2.92. The molecule has 0 saturated carbocycles. The minimum Gasteiger partial charge on any atom is -0.336 e. The zero-order valence-electron chi connectivity index (χ0n) is 20.6. The van der Waals surface area contributed by atoms with Crippen LogP contribution in [0.4, 0.5) is 23.2 Å². The summed E-state index contributed by atoms with van der Waals surface area (Å²) in [4.78, 5) is 21.3. The van der Waals surface area contributed by atoms with Crippen molar-refractivity contribution in [1.29, 1.82) is 0 Å². The second-order valence-corrected chi connectivity index (χ2v) is 10.3. The van der Waals surface area contributed by atoms with Crippen LogP contribution in [0.2, 0.25) is 0 Å². The van der Waals surface area contributed by atoms with Gasteiger partial charge in [0.1, 0.15) is 5.82 Å². The molecule has 202 valence electrons. The predicted molar refractivity (Wildman–Crippen MR) is 141 cm³/mol. The van der Waals surface area contributed by atoms with Gasteiger partial charge in [0.25, 0.3) is 5.91 Å². The van der Waals surface area contributed by atoms with Gasteiger partial charge in [-0.05, 0) is 60.2 Å². The van der Waals surface area contributed by atoms with Crippen LogP contribution in [0.1, 0.15) is 21.5 Å². The highest BCUT2D eigenvalue weighted by Crippen LogP contribution is 2.33. The van der Waals surface area contributed by atoms with Gasteiger partial charge in [-0.25, -0.2) is 8.60 Å². The van der Waals surface area contributed by atoms with Crippen LogP contribution in [0.3, 0.4) is 0 Å². The molecule has 0 aliphatic carbocycles. The molecule has 5 rings (SSSR count). The lowest BCUT2D eigenvalue weighted by Crippen LogP contribution is -2.48. The van der Waals surface area contributed by atoms with Crippen molar-refractivity contribution in [3.05, 3.63) is 102 Å². The quantitative estimate of drug-likeness (QED) is 0.319. The molecule has 3 aromatic carbocycles. The molecule has 1 aliphatic rings. The third-order valence-electron chi connectivity index (χ3n) is 6.56. The Morgan fingerprint density at radius 2 is 1.67 bits per heavy atom. The van der Waals surface area contributed by atoms with E-state index in [0.717, 1.165) is 23.6 Å². The Morgan fingerprint density at radius 1 is 0.949 bits per heavy atom. The zero-order valence-corrected chi connectivity index (χ0v) is 21.4. The highest BCUT2D eigenvalue weighted by molar-refractivity contribution is 7.86. The maximum atomic E-state index is 13.6. The fourth-order valence-corrected chi connectivity index (χ4v) is 5.58. The first-order valence-corrected chi connectivity index (χ1v) is 13.3. The number of amides is 1. The van der Waals surface area contributed by atoms with Crippen LogP contribution in [0.5, 0.6) is 0 Å². The second-order valence-electron chi connectivity index (χ2n) is 9.15. The maximum absolute atomic E-state index is 13.6. The van der Waals surface area contributed by atoms with Gasteiger partial charge in [-0.1, -0.05) is 18.2 Å². The lowest BCUT2D eigenvalue weighted by Gasteiger charge is -2.35. The number of alkyl halides is 3. The molecule has 4 aromatic rings. The van der Waals surface area contributed by atoms with Gasteiger partial charge in [0.2, 0.25) is 0 Å². The van der Waals surface area contributed by atoms with Crippen molar-refractivity contribution >= 4 is 33.5 Å². The van der Waals surface area contributed by atoms with E-state index in [1.807, 2.05) is 24.3 Å². The molecule has 0 spiro atoms. The Hall–Kier alpha value is -3.83. The summed E-state index contributed by atoms with van der Waals surface area (Å²) >= 11 is 0. The van der Waals surface area contributed by atoms with Gasteiger partial charge in [0, 0.05) is 55.6 Å². The van der Waals surface area contributed by atoms with Gasteiger partial charge in [-0.15, -0.1) is 0 Å². The lowest BCUT2D eigenvalue weighted by atomic mass is 10.1. The average molecular weight is 557 g/mol. The molecule has 1 unspecified atom stereocenters. The fraction of sp³-hybridized carbons (Fsp3) is 0.214. The number of rotatable bonds is 6. The van der Waals surface area contributed by atoms with Crippen molar-refractivity contribution in [2.45, 2.75) is 17.6 Å². The van der Waals surface area contributed by atoms with Crippen molar-refractivity contribution in [3.63, 3.8) is 0 Å². The monoisotopic (exact) mass is 556 g/mol. The topological polar surface area (TPSA) is 65.5 Å². The summed E-state index contributed by atoms with van der Waals surface area (Å²) in [6.45, 7) is 1.31. The molecule has 1 fully saturated rings. The summed E-state index contributed by atoms with van der Waals surface area (Å²) < 4.78 is 69.5. The third kappa shape index (κ3) is 6.10. The highest BCUT2D eigenvalue weighted by Gasteiger charge is 2.34.